The molecule has 0 N–H and O–H groups in total. The number of halogens is 1. The van der Waals surface area contributed by atoms with Crippen molar-refractivity contribution in [2.45, 2.75) is 58.8 Å². The van der Waals surface area contributed by atoms with Crippen LogP contribution >= 0.6 is 0 Å². The van der Waals surface area contributed by atoms with E-state index in [2.05, 4.69) is 20.3 Å². The summed E-state index contributed by atoms with van der Waals surface area (Å²) in [5.74, 6) is 0. The SMILES string of the molecule is C[CH-]CCCOCOCCCCCCC.[Br-].[Mg+2]. The molecule has 0 aromatic carbocycles. The molecule has 0 amide bonds. The Morgan fingerprint density at radius 2 is 1.47 bits per heavy atom. The first-order valence-corrected chi connectivity index (χ1v) is 6.35. The summed E-state index contributed by atoms with van der Waals surface area (Å²) in [6.07, 6.45) is 10.9. The third kappa shape index (κ3) is 22.8. The molecule has 0 aromatic rings. The average Bonchev–Trinajstić information content (AvgIpc) is 2.26. The molecule has 0 spiro atoms. The van der Waals surface area contributed by atoms with Gasteiger partial charge < -0.3 is 32.9 Å². The van der Waals surface area contributed by atoms with Gasteiger partial charge in [0.05, 0.1) is 0 Å². The summed E-state index contributed by atoms with van der Waals surface area (Å²) in [5.41, 5.74) is 0. The molecule has 0 aliphatic carbocycles. The number of ether oxygens (including phenoxy) is 2. The van der Waals surface area contributed by atoms with E-state index >= 15 is 0 Å². The first-order valence-electron chi connectivity index (χ1n) is 6.35. The summed E-state index contributed by atoms with van der Waals surface area (Å²) in [6.45, 7) is 6.45. The molecule has 0 aliphatic rings. The van der Waals surface area contributed by atoms with Crippen LogP contribution in [0, 0.1) is 6.42 Å². The van der Waals surface area contributed by atoms with E-state index in [1.165, 1.54) is 32.1 Å². The van der Waals surface area contributed by atoms with Crippen LogP contribution in [0.4, 0.5) is 0 Å². The van der Waals surface area contributed by atoms with Gasteiger partial charge in [-0.1, -0.05) is 39.0 Å². The zero-order valence-electron chi connectivity index (χ0n) is 11.5. The van der Waals surface area contributed by atoms with Crippen molar-refractivity contribution >= 4 is 23.1 Å². The maximum atomic E-state index is 5.36. The second-order valence-corrected chi connectivity index (χ2v) is 3.90. The molecule has 0 unspecified atom stereocenters. The maximum Gasteiger partial charge on any atom is 2.00 e. The monoisotopic (exact) mass is 318 g/mol. The van der Waals surface area contributed by atoms with Crippen LogP contribution in [0.1, 0.15) is 58.8 Å². The van der Waals surface area contributed by atoms with E-state index in [0.29, 0.717) is 6.79 Å². The van der Waals surface area contributed by atoms with Crippen LogP contribution in [-0.2, 0) is 9.47 Å². The maximum absolute atomic E-state index is 5.36. The predicted octanol–water partition coefficient (Wildman–Crippen LogP) is 0.575. The van der Waals surface area contributed by atoms with Crippen LogP contribution in [0.5, 0.6) is 0 Å². The third-order valence-electron chi connectivity index (χ3n) is 2.34. The van der Waals surface area contributed by atoms with Crippen molar-refractivity contribution in [3.63, 3.8) is 0 Å². The van der Waals surface area contributed by atoms with Crippen molar-refractivity contribution in [1.82, 2.24) is 0 Å². The Hall–Kier alpha value is 1.17. The molecule has 0 bridgehead atoms. The van der Waals surface area contributed by atoms with E-state index in [-0.39, 0.29) is 40.0 Å². The summed E-state index contributed by atoms with van der Waals surface area (Å²) in [5, 5.41) is 0. The Labute approximate surface area is 134 Å². The minimum Gasteiger partial charge on any atom is -1.00 e. The molecule has 17 heavy (non-hydrogen) atoms. The van der Waals surface area contributed by atoms with Crippen molar-refractivity contribution < 1.29 is 26.5 Å². The molecule has 0 heterocycles. The van der Waals surface area contributed by atoms with E-state index in [1.54, 1.807) is 0 Å². The summed E-state index contributed by atoms with van der Waals surface area (Å²) in [6, 6.07) is 0. The average molecular weight is 320 g/mol. The second-order valence-electron chi connectivity index (χ2n) is 3.90. The van der Waals surface area contributed by atoms with Gasteiger partial charge >= 0.3 is 23.1 Å². The second kappa shape index (κ2) is 22.4. The molecule has 0 aliphatic heterocycles. The molecule has 0 aromatic heterocycles. The largest absolute Gasteiger partial charge is 2.00 e. The van der Waals surface area contributed by atoms with Gasteiger partial charge in [0.1, 0.15) is 6.79 Å². The zero-order chi connectivity index (χ0) is 11.2. The van der Waals surface area contributed by atoms with E-state index in [9.17, 15) is 0 Å². The van der Waals surface area contributed by atoms with Crippen LogP contribution in [0.2, 0.25) is 0 Å². The zero-order valence-corrected chi connectivity index (χ0v) is 14.6. The Bertz CT molecular complexity index is 104. The van der Waals surface area contributed by atoms with Crippen LogP contribution in [0.3, 0.4) is 0 Å². The first-order chi connectivity index (χ1) is 7.41. The molecule has 0 saturated heterocycles. The molecule has 0 fully saturated rings. The molecule has 0 atom stereocenters. The van der Waals surface area contributed by atoms with E-state index in [0.717, 1.165) is 26.1 Å². The molecule has 2 nitrogen and oxygen atoms in total. The minimum atomic E-state index is 0. The Balaban J connectivity index is -0.000000980. The van der Waals surface area contributed by atoms with Gasteiger partial charge in [0.15, 0.2) is 0 Å². The minimum absolute atomic E-state index is 0. The standard InChI is InChI=1S/C13H27O2.BrH.Mg/c1-3-5-7-8-10-12-15-13-14-11-9-6-4-2;;/h4H,3,5-13H2,1-2H3;1H;/q-1;;+2/p-1. The van der Waals surface area contributed by atoms with Crippen molar-refractivity contribution in [2.24, 2.45) is 0 Å². The number of unbranched alkanes of at least 4 members (excludes halogenated alkanes) is 6. The summed E-state index contributed by atoms with van der Waals surface area (Å²) in [7, 11) is 0. The number of hydrogen-bond acceptors (Lipinski definition) is 2. The Morgan fingerprint density at radius 3 is 2.06 bits per heavy atom. The third-order valence-corrected chi connectivity index (χ3v) is 2.34. The molecule has 0 rings (SSSR count). The molecule has 4 heteroatoms. The van der Waals surface area contributed by atoms with Gasteiger partial charge in [-0.3, -0.25) is 0 Å². The van der Waals surface area contributed by atoms with Crippen LogP contribution < -0.4 is 17.0 Å². The van der Waals surface area contributed by atoms with Crippen molar-refractivity contribution in [3.8, 4) is 0 Å². The first kappa shape index (κ1) is 23.3. The fourth-order valence-electron chi connectivity index (χ4n) is 1.37. The van der Waals surface area contributed by atoms with Gasteiger partial charge in [-0.05, 0) is 6.42 Å². The number of rotatable bonds is 12. The van der Waals surface area contributed by atoms with E-state index in [4.69, 9.17) is 9.47 Å². The number of hydrogen-bond donors (Lipinski definition) is 0. The van der Waals surface area contributed by atoms with E-state index < -0.39 is 0 Å². The smallest absolute Gasteiger partial charge is 1.00 e. The topological polar surface area (TPSA) is 18.5 Å². The van der Waals surface area contributed by atoms with Gasteiger partial charge in [0, 0.05) is 13.2 Å². The van der Waals surface area contributed by atoms with E-state index in [1.807, 2.05) is 0 Å². The van der Waals surface area contributed by atoms with Crippen LogP contribution in [-0.4, -0.2) is 43.1 Å². The Morgan fingerprint density at radius 1 is 0.882 bits per heavy atom. The van der Waals surface area contributed by atoms with Crippen molar-refractivity contribution in [2.75, 3.05) is 20.0 Å². The van der Waals surface area contributed by atoms with Gasteiger partial charge in [0.2, 0.25) is 0 Å². The van der Waals surface area contributed by atoms with Crippen molar-refractivity contribution in [3.05, 3.63) is 6.42 Å². The fraction of sp³-hybridized carbons (Fsp3) is 0.923. The normalized spacial score (nSPS) is 9.53. The predicted molar refractivity (Wildman–Crippen MR) is 70.5 cm³/mol. The van der Waals surface area contributed by atoms with Gasteiger partial charge in [-0.25, -0.2) is 0 Å². The molecule has 0 saturated carbocycles. The fourth-order valence-corrected chi connectivity index (χ4v) is 1.37. The Kier molecular flexibility index (Phi) is 30.6. The molecule has 0 radical (unpaired) electrons. The van der Waals surface area contributed by atoms with Gasteiger partial charge in [-0.15, -0.1) is 0 Å². The van der Waals surface area contributed by atoms with Crippen LogP contribution in [0.25, 0.3) is 0 Å². The molecular weight excluding hydrogens is 292 g/mol. The molecule has 100 valence electrons. The summed E-state index contributed by atoms with van der Waals surface area (Å²) in [4.78, 5) is 0. The summed E-state index contributed by atoms with van der Waals surface area (Å²) >= 11 is 0. The summed E-state index contributed by atoms with van der Waals surface area (Å²) < 4.78 is 10.7. The van der Waals surface area contributed by atoms with Crippen molar-refractivity contribution in [1.29, 1.82) is 0 Å². The van der Waals surface area contributed by atoms with Gasteiger partial charge in [-0.2, -0.15) is 13.3 Å². The van der Waals surface area contributed by atoms with Gasteiger partial charge in [0.25, 0.3) is 0 Å². The molecular formula is C13H27BrMgO2. The van der Waals surface area contributed by atoms with Crippen LogP contribution in [0.15, 0.2) is 0 Å². The quantitative estimate of drug-likeness (QED) is 0.227.